The fourth-order valence-electron chi connectivity index (χ4n) is 0.916. The Morgan fingerprint density at radius 3 is 2.67 bits per heavy atom. The van der Waals surface area contributed by atoms with Gasteiger partial charge in [-0.15, -0.1) is 0 Å². The topological polar surface area (TPSA) is 46.2 Å². The van der Waals surface area contributed by atoms with Crippen LogP contribution in [0.3, 0.4) is 0 Å². The van der Waals surface area contributed by atoms with Crippen LogP contribution in [0.25, 0.3) is 0 Å². The molecule has 0 fully saturated rings. The number of nitrogens with two attached hydrogens (primary N) is 1. The maximum atomic E-state index is 9.40. The van der Waals surface area contributed by atoms with Gasteiger partial charge in [0.15, 0.2) is 0 Å². The first-order valence-electron chi connectivity index (χ1n) is 3.46. The van der Waals surface area contributed by atoms with Crippen molar-refractivity contribution in [1.82, 2.24) is 0 Å². The number of hydrogen-bond donors (Lipinski definition) is 2. The normalized spacial score (nSPS) is 13.0. The van der Waals surface area contributed by atoms with Gasteiger partial charge in [-0.2, -0.15) is 0 Å². The average Bonchev–Trinajstić information content (AvgIpc) is 1.96. The first kappa shape index (κ1) is 9.84. The maximum Gasteiger partial charge on any atom is 0.121 e. The van der Waals surface area contributed by atoms with Gasteiger partial charge in [-0.3, -0.25) is 0 Å². The average molecular weight is 251 g/mol. The quantitative estimate of drug-likeness (QED) is 0.805. The monoisotopic (exact) mass is 249 g/mol. The van der Waals surface area contributed by atoms with Crippen LogP contribution in [0, 0.1) is 0 Å². The second-order valence-electron chi connectivity index (χ2n) is 2.61. The molecule has 0 saturated heterocycles. The summed E-state index contributed by atoms with van der Waals surface area (Å²) in [6.07, 6.45) is 0. The minimum Gasteiger partial charge on any atom is -0.508 e. The molecule has 12 heavy (non-hydrogen) atoms. The zero-order valence-electron chi connectivity index (χ0n) is 6.51. The molecule has 1 aromatic rings. The van der Waals surface area contributed by atoms with E-state index in [0.29, 0.717) is 10.6 Å². The van der Waals surface area contributed by atoms with E-state index in [1.807, 2.05) is 0 Å². The van der Waals surface area contributed by atoms with Gasteiger partial charge in [-0.25, -0.2) is 0 Å². The smallest absolute Gasteiger partial charge is 0.121 e. The Hall–Kier alpha value is -0.250. The van der Waals surface area contributed by atoms with Crippen molar-refractivity contribution < 1.29 is 5.11 Å². The van der Waals surface area contributed by atoms with Crippen LogP contribution in [0.1, 0.15) is 18.5 Å². The minimum absolute atomic E-state index is 0.137. The van der Waals surface area contributed by atoms with E-state index in [9.17, 15) is 5.11 Å². The van der Waals surface area contributed by atoms with Gasteiger partial charge in [0.25, 0.3) is 0 Å². The predicted octanol–water partition coefficient (Wildman–Crippen LogP) is 2.83. The molecule has 1 aromatic carbocycles. The zero-order chi connectivity index (χ0) is 9.30. The Labute approximate surface area is 84.5 Å². The molecule has 0 bridgehead atoms. The standard InChI is InChI=1S/C8H9BrClNO/c1-4(11)5-2-6(9)7(10)3-8(5)12/h2-4,12H,11H2,1H3/t4-/m1/s1. The van der Waals surface area contributed by atoms with Crippen molar-refractivity contribution in [2.45, 2.75) is 13.0 Å². The molecule has 1 rings (SSSR count). The van der Waals surface area contributed by atoms with E-state index >= 15 is 0 Å². The molecule has 0 aromatic heterocycles. The van der Waals surface area contributed by atoms with E-state index in [2.05, 4.69) is 15.9 Å². The van der Waals surface area contributed by atoms with Crippen molar-refractivity contribution >= 4 is 27.5 Å². The van der Waals surface area contributed by atoms with Crippen molar-refractivity contribution in [2.75, 3.05) is 0 Å². The van der Waals surface area contributed by atoms with Crippen molar-refractivity contribution in [3.05, 3.63) is 27.2 Å². The van der Waals surface area contributed by atoms with Gasteiger partial charge in [0.05, 0.1) is 5.02 Å². The molecule has 0 unspecified atom stereocenters. The van der Waals surface area contributed by atoms with E-state index in [0.717, 1.165) is 4.47 Å². The highest BCUT2D eigenvalue weighted by Gasteiger charge is 2.08. The second-order valence-corrected chi connectivity index (χ2v) is 3.88. The van der Waals surface area contributed by atoms with Crippen LogP contribution in [0.15, 0.2) is 16.6 Å². The third-order valence-electron chi connectivity index (χ3n) is 1.56. The number of phenols is 1. The van der Waals surface area contributed by atoms with Crippen LogP contribution < -0.4 is 5.73 Å². The predicted molar refractivity (Wildman–Crippen MR) is 53.4 cm³/mol. The summed E-state index contributed by atoms with van der Waals surface area (Å²) in [6, 6.07) is 3.01. The number of hydrogen-bond acceptors (Lipinski definition) is 2. The van der Waals surface area contributed by atoms with Crippen molar-refractivity contribution in [3.8, 4) is 5.75 Å². The van der Waals surface area contributed by atoms with Crippen LogP contribution in [0.2, 0.25) is 5.02 Å². The van der Waals surface area contributed by atoms with Gasteiger partial charge in [0, 0.05) is 16.1 Å². The number of halogens is 2. The molecule has 4 heteroatoms. The Morgan fingerprint density at radius 1 is 1.58 bits per heavy atom. The van der Waals surface area contributed by atoms with E-state index < -0.39 is 0 Å². The lowest BCUT2D eigenvalue weighted by molar-refractivity contribution is 0.463. The van der Waals surface area contributed by atoms with E-state index in [-0.39, 0.29) is 11.8 Å². The molecule has 0 aliphatic carbocycles. The van der Waals surface area contributed by atoms with Gasteiger partial charge in [0.1, 0.15) is 5.75 Å². The number of aromatic hydroxyl groups is 1. The highest BCUT2D eigenvalue weighted by atomic mass is 79.9. The SMILES string of the molecule is C[C@@H](N)c1cc(Br)c(Cl)cc1O. The van der Waals surface area contributed by atoms with Gasteiger partial charge in [0.2, 0.25) is 0 Å². The summed E-state index contributed by atoms with van der Waals surface area (Å²) in [5.74, 6) is 0.137. The lowest BCUT2D eigenvalue weighted by Gasteiger charge is -2.09. The summed E-state index contributed by atoms with van der Waals surface area (Å²) >= 11 is 8.99. The molecule has 1 atom stereocenters. The summed E-state index contributed by atoms with van der Waals surface area (Å²) in [5.41, 5.74) is 6.30. The van der Waals surface area contributed by atoms with Crippen LogP contribution in [-0.2, 0) is 0 Å². The Bertz CT molecular complexity index is 301. The summed E-state index contributed by atoms with van der Waals surface area (Å²) in [6.45, 7) is 1.80. The fraction of sp³-hybridized carbons (Fsp3) is 0.250. The van der Waals surface area contributed by atoms with Gasteiger partial charge >= 0.3 is 0 Å². The van der Waals surface area contributed by atoms with Gasteiger partial charge < -0.3 is 10.8 Å². The molecule has 0 aliphatic rings. The third kappa shape index (κ3) is 1.91. The Kier molecular flexibility index (Phi) is 2.99. The van der Waals surface area contributed by atoms with Crippen molar-refractivity contribution in [3.63, 3.8) is 0 Å². The molecule has 0 saturated carbocycles. The largest absolute Gasteiger partial charge is 0.508 e. The molecule has 2 nitrogen and oxygen atoms in total. The highest BCUT2D eigenvalue weighted by Crippen LogP contribution is 2.32. The Morgan fingerprint density at radius 2 is 2.17 bits per heavy atom. The molecular formula is C8H9BrClNO. The number of phenolic OH excluding ortho intramolecular Hbond substituents is 1. The maximum absolute atomic E-state index is 9.40. The molecule has 0 aliphatic heterocycles. The molecule has 66 valence electrons. The molecule has 0 amide bonds. The summed E-state index contributed by atoms with van der Waals surface area (Å²) < 4.78 is 0.745. The zero-order valence-corrected chi connectivity index (χ0v) is 8.85. The van der Waals surface area contributed by atoms with E-state index in [1.165, 1.54) is 6.07 Å². The van der Waals surface area contributed by atoms with E-state index in [1.54, 1.807) is 13.0 Å². The first-order valence-corrected chi connectivity index (χ1v) is 4.63. The molecule has 0 radical (unpaired) electrons. The number of benzene rings is 1. The fourth-order valence-corrected chi connectivity index (χ4v) is 1.44. The molecule has 3 N–H and O–H groups in total. The summed E-state index contributed by atoms with van der Waals surface area (Å²) in [5, 5.41) is 9.88. The van der Waals surface area contributed by atoms with E-state index in [4.69, 9.17) is 17.3 Å². The van der Waals surface area contributed by atoms with Crippen LogP contribution in [-0.4, -0.2) is 5.11 Å². The molecule has 0 heterocycles. The van der Waals surface area contributed by atoms with Gasteiger partial charge in [-0.1, -0.05) is 11.6 Å². The second kappa shape index (κ2) is 3.64. The first-order chi connectivity index (χ1) is 5.52. The van der Waals surface area contributed by atoms with Gasteiger partial charge in [-0.05, 0) is 35.0 Å². The van der Waals surface area contributed by atoms with Crippen molar-refractivity contribution in [2.24, 2.45) is 5.73 Å². The van der Waals surface area contributed by atoms with Crippen LogP contribution >= 0.6 is 27.5 Å². The lowest BCUT2D eigenvalue weighted by Crippen LogP contribution is -2.05. The third-order valence-corrected chi connectivity index (χ3v) is 2.76. The van der Waals surface area contributed by atoms with Crippen molar-refractivity contribution in [1.29, 1.82) is 0 Å². The Balaban J connectivity index is 3.23. The minimum atomic E-state index is -0.196. The lowest BCUT2D eigenvalue weighted by atomic mass is 10.1. The molecule has 0 spiro atoms. The van der Waals surface area contributed by atoms with Crippen LogP contribution in [0.5, 0.6) is 5.75 Å². The molecular weight excluding hydrogens is 241 g/mol. The van der Waals surface area contributed by atoms with Crippen LogP contribution in [0.4, 0.5) is 0 Å². The summed E-state index contributed by atoms with van der Waals surface area (Å²) in [4.78, 5) is 0. The number of rotatable bonds is 1. The summed E-state index contributed by atoms with van der Waals surface area (Å²) in [7, 11) is 0. The highest BCUT2D eigenvalue weighted by molar-refractivity contribution is 9.10.